The normalized spacial score (nSPS) is 21.5. The van der Waals surface area contributed by atoms with Crippen molar-refractivity contribution in [3.63, 3.8) is 0 Å². The van der Waals surface area contributed by atoms with E-state index < -0.39 is 0 Å². The number of thiophene rings is 1. The Morgan fingerprint density at radius 2 is 1.91 bits per heavy atom. The van der Waals surface area contributed by atoms with E-state index in [4.69, 9.17) is 4.74 Å². The fraction of sp³-hybridized carbons (Fsp3) is 0.423. The van der Waals surface area contributed by atoms with Gasteiger partial charge in [-0.05, 0) is 54.8 Å². The van der Waals surface area contributed by atoms with Crippen LogP contribution in [0.15, 0.2) is 48.5 Å². The van der Waals surface area contributed by atoms with Crippen LogP contribution in [0.4, 0.5) is 4.39 Å². The number of carbonyl (C=O) groups excluding carboxylic acids is 1. The highest BCUT2D eigenvalue weighted by atomic mass is 32.1. The van der Waals surface area contributed by atoms with Gasteiger partial charge in [0.1, 0.15) is 12.4 Å². The summed E-state index contributed by atoms with van der Waals surface area (Å²) >= 11 is 1.70. The van der Waals surface area contributed by atoms with Gasteiger partial charge in [0.15, 0.2) is 0 Å². The molecule has 3 aromatic rings. The van der Waals surface area contributed by atoms with Gasteiger partial charge in [0.05, 0.1) is 12.1 Å². The van der Waals surface area contributed by atoms with E-state index in [1.54, 1.807) is 17.4 Å². The van der Waals surface area contributed by atoms with Crippen LogP contribution in [0.2, 0.25) is 0 Å². The van der Waals surface area contributed by atoms with E-state index >= 15 is 0 Å². The van der Waals surface area contributed by atoms with E-state index in [1.165, 1.54) is 10.1 Å². The van der Waals surface area contributed by atoms with Gasteiger partial charge in [0.2, 0.25) is 5.91 Å². The van der Waals surface area contributed by atoms with E-state index in [1.807, 2.05) is 29.2 Å². The largest absolute Gasteiger partial charge is 0.363 e. The third-order valence-corrected chi connectivity index (χ3v) is 8.36. The van der Waals surface area contributed by atoms with Crippen LogP contribution in [0.25, 0.3) is 20.5 Å². The summed E-state index contributed by atoms with van der Waals surface area (Å²) in [6, 6.07) is 16.5. The zero-order valence-electron chi connectivity index (χ0n) is 18.1. The lowest BCUT2D eigenvalue weighted by Crippen LogP contribution is -2.59. The summed E-state index contributed by atoms with van der Waals surface area (Å²) < 4.78 is 22.3. The highest BCUT2D eigenvalue weighted by Crippen LogP contribution is 2.37. The van der Waals surface area contributed by atoms with Crippen LogP contribution in [0.3, 0.4) is 0 Å². The molecule has 1 aliphatic carbocycles. The highest BCUT2D eigenvalue weighted by molar-refractivity contribution is 7.22. The lowest BCUT2D eigenvalue weighted by Gasteiger charge is -2.47. The predicted octanol–water partition coefficient (Wildman–Crippen LogP) is 5.06. The van der Waals surface area contributed by atoms with Gasteiger partial charge in [-0.3, -0.25) is 9.69 Å². The molecule has 2 saturated heterocycles. The number of hydrogen-bond acceptors (Lipinski definition) is 4. The van der Waals surface area contributed by atoms with Crippen LogP contribution in [0, 0.1) is 5.82 Å². The Labute approximate surface area is 191 Å². The maximum absolute atomic E-state index is 15.0. The van der Waals surface area contributed by atoms with E-state index in [0.717, 1.165) is 61.3 Å². The number of carbonyl (C=O) groups is 1. The fourth-order valence-electron chi connectivity index (χ4n) is 5.08. The number of likely N-dealkylation sites (tertiary alicyclic amines) is 1. The van der Waals surface area contributed by atoms with Gasteiger partial charge < -0.3 is 9.64 Å². The number of amides is 1. The number of halogens is 1. The minimum Gasteiger partial charge on any atom is -0.363 e. The highest BCUT2D eigenvalue weighted by Gasteiger charge is 2.46. The molecule has 0 N–H and O–H groups in total. The van der Waals surface area contributed by atoms with Crippen LogP contribution in [-0.4, -0.2) is 53.6 Å². The molecule has 2 aliphatic heterocycles. The number of rotatable bonds is 4. The molecule has 0 radical (unpaired) electrons. The Morgan fingerprint density at radius 3 is 2.66 bits per heavy atom. The van der Waals surface area contributed by atoms with Crippen molar-refractivity contribution in [2.75, 3.05) is 26.2 Å². The van der Waals surface area contributed by atoms with Crippen molar-refractivity contribution in [1.82, 2.24) is 9.80 Å². The summed E-state index contributed by atoms with van der Waals surface area (Å²) in [5.74, 6) is 0.000941. The molecule has 2 aromatic carbocycles. The molecule has 6 rings (SSSR count). The molecule has 4 nitrogen and oxygen atoms in total. The average Bonchev–Trinajstić information content (AvgIpc) is 3.56. The number of piperidine rings is 1. The Kier molecular flexibility index (Phi) is 5.05. The van der Waals surface area contributed by atoms with Crippen LogP contribution in [0.1, 0.15) is 31.2 Å². The van der Waals surface area contributed by atoms with Gasteiger partial charge in [-0.15, -0.1) is 11.3 Å². The Balaban J connectivity index is 1.11. The van der Waals surface area contributed by atoms with Crippen molar-refractivity contribution < 1.29 is 13.9 Å². The van der Waals surface area contributed by atoms with Crippen molar-refractivity contribution in [3.05, 3.63) is 59.9 Å². The van der Waals surface area contributed by atoms with Gasteiger partial charge in [-0.25, -0.2) is 4.39 Å². The lowest BCUT2D eigenvalue weighted by molar-refractivity contribution is -0.172. The molecule has 3 fully saturated rings. The van der Waals surface area contributed by atoms with Crippen LogP contribution < -0.4 is 0 Å². The molecule has 32 heavy (non-hydrogen) atoms. The summed E-state index contributed by atoms with van der Waals surface area (Å²) in [5.41, 5.74) is 1.46. The molecule has 3 aliphatic rings. The molecule has 1 aromatic heterocycles. The molecular formula is C26H27FN2O2S. The quantitative estimate of drug-likeness (QED) is 0.557. The lowest BCUT2D eigenvalue weighted by atomic mass is 9.89. The molecule has 166 valence electrons. The molecule has 0 atom stereocenters. The Bertz CT molecular complexity index is 1130. The minimum atomic E-state index is -0.212. The second-order valence-corrected chi connectivity index (χ2v) is 10.5. The fourth-order valence-corrected chi connectivity index (χ4v) is 6.13. The molecular weight excluding hydrogens is 423 g/mol. The first-order valence-electron chi connectivity index (χ1n) is 11.5. The van der Waals surface area contributed by atoms with Crippen LogP contribution in [0.5, 0.6) is 0 Å². The summed E-state index contributed by atoms with van der Waals surface area (Å²) in [5, 5.41) is 1.20. The van der Waals surface area contributed by atoms with Gasteiger partial charge in [0.25, 0.3) is 0 Å². The van der Waals surface area contributed by atoms with Crippen molar-refractivity contribution in [1.29, 1.82) is 0 Å². The summed E-state index contributed by atoms with van der Waals surface area (Å²) in [6.45, 7) is 3.28. The molecule has 1 saturated carbocycles. The third kappa shape index (κ3) is 3.85. The number of hydrogen-bond donors (Lipinski definition) is 0. The Morgan fingerprint density at radius 1 is 1.09 bits per heavy atom. The van der Waals surface area contributed by atoms with E-state index in [9.17, 15) is 9.18 Å². The second-order valence-electron chi connectivity index (χ2n) is 9.46. The van der Waals surface area contributed by atoms with Crippen molar-refractivity contribution >= 4 is 27.3 Å². The monoisotopic (exact) mass is 450 g/mol. The van der Waals surface area contributed by atoms with Gasteiger partial charge in [0, 0.05) is 40.8 Å². The van der Waals surface area contributed by atoms with Gasteiger partial charge >= 0.3 is 0 Å². The first-order valence-corrected chi connectivity index (χ1v) is 12.3. The van der Waals surface area contributed by atoms with Crippen molar-refractivity contribution in [3.8, 4) is 10.4 Å². The van der Waals surface area contributed by atoms with E-state index in [-0.39, 0.29) is 23.9 Å². The Hall–Kier alpha value is -2.28. The summed E-state index contributed by atoms with van der Waals surface area (Å²) in [7, 11) is 0. The van der Waals surface area contributed by atoms with Crippen LogP contribution >= 0.6 is 11.3 Å². The zero-order chi connectivity index (χ0) is 21.7. The number of morpholine rings is 1. The summed E-state index contributed by atoms with van der Waals surface area (Å²) in [4.78, 5) is 17.6. The van der Waals surface area contributed by atoms with Gasteiger partial charge in [-0.2, -0.15) is 0 Å². The molecule has 0 bridgehead atoms. The SMILES string of the molecule is O=C1COC2(CCN(Cc3ccc(-c4cc5ccccc5s4)cc3F)CC2)CN1C1CC1. The number of fused-ring (bicyclic) bond motifs is 1. The maximum atomic E-state index is 15.0. The second kappa shape index (κ2) is 7.94. The first-order chi connectivity index (χ1) is 15.6. The standard InChI is InChI=1S/C26H27FN2O2S/c27-22-13-19(24-14-18-3-1-2-4-23(18)32-24)5-6-20(22)15-28-11-9-26(10-12-28)17-29(21-7-8-21)25(30)16-31-26/h1-6,13-14,21H,7-12,15-17H2. The smallest absolute Gasteiger partial charge is 0.248 e. The van der Waals surface area contributed by atoms with E-state index in [0.29, 0.717) is 12.6 Å². The third-order valence-electron chi connectivity index (χ3n) is 7.19. The molecule has 1 spiro atoms. The van der Waals surface area contributed by atoms with Crippen molar-refractivity contribution in [2.45, 2.75) is 43.9 Å². The maximum Gasteiger partial charge on any atom is 0.248 e. The average molecular weight is 451 g/mol. The first kappa shape index (κ1) is 20.3. The molecule has 0 unspecified atom stereocenters. The number of benzene rings is 2. The van der Waals surface area contributed by atoms with Crippen molar-refractivity contribution in [2.24, 2.45) is 0 Å². The van der Waals surface area contributed by atoms with Gasteiger partial charge in [-0.1, -0.05) is 30.3 Å². The predicted molar refractivity (Wildman–Crippen MR) is 125 cm³/mol. The van der Waals surface area contributed by atoms with E-state index in [2.05, 4.69) is 23.1 Å². The molecule has 1 amide bonds. The van der Waals surface area contributed by atoms with Crippen LogP contribution in [-0.2, 0) is 16.1 Å². The number of nitrogens with zero attached hydrogens (tertiary/aromatic N) is 2. The molecule has 6 heteroatoms. The number of ether oxygens (including phenoxy) is 1. The topological polar surface area (TPSA) is 32.8 Å². The summed E-state index contributed by atoms with van der Waals surface area (Å²) in [6.07, 6.45) is 4.05. The molecule has 3 heterocycles. The zero-order valence-corrected chi connectivity index (χ0v) is 18.9. The minimum absolute atomic E-state index is 0.139.